The number of nitrogens with one attached hydrogen (secondary N) is 1. The van der Waals surface area contributed by atoms with E-state index < -0.39 is 36.2 Å². The Morgan fingerprint density at radius 1 is 1.13 bits per heavy atom. The van der Waals surface area contributed by atoms with Gasteiger partial charge in [-0.25, -0.2) is 0 Å². The Balaban J connectivity index is 2.09. The molecule has 0 saturated heterocycles. The summed E-state index contributed by atoms with van der Waals surface area (Å²) in [6, 6.07) is 8.20. The topological polar surface area (TPSA) is 122 Å². The number of methoxy groups -OCH3 is 1. The second-order valence-corrected chi connectivity index (χ2v) is 6.85. The molecule has 2 aromatic carbocycles. The summed E-state index contributed by atoms with van der Waals surface area (Å²) < 4.78 is 10.8. The number of anilines is 1. The molecule has 0 saturated carbocycles. The van der Waals surface area contributed by atoms with E-state index in [1.54, 1.807) is 31.2 Å². The Morgan fingerprint density at radius 3 is 2.48 bits per heavy atom. The van der Waals surface area contributed by atoms with E-state index in [1.807, 2.05) is 0 Å². The van der Waals surface area contributed by atoms with Gasteiger partial charge in [-0.3, -0.25) is 24.1 Å². The highest BCUT2D eigenvalue weighted by atomic mass is 16.5. The molecule has 3 rings (SSSR count). The van der Waals surface area contributed by atoms with Gasteiger partial charge in [0.1, 0.15) is 0 Å². The van der Waals surface area contributed by atoms with Crippen LogP contribution in [0.15, 0.2) is 36.4 Å². The van der Waals surface area contributed by atoms with Crippen LogP contribution in [0.2, 0.25) is 0 Å². The number of carbonyl (C=O) groups excluding carboxylic acids is 3. The fraction of sp³-hybridized carbons (Fsp3) is 0.273. The van der Waals surface area contributed by atoms with Crippen LogP contribution < -0.4 is 14.8 Å². The summed E-state index contributed by atoms with van der Waals surface area (Å²) in [6.07, 6.45) is -0.501. The summed E-state index contributed by atoms with van der Waals surface area (Å²) in [6.45, 7) is 3.42. The molecule has 162 valence electrons. The van der Waals surface area contributed by atoms with Crippen molar-refractivity contribution in [3.05, 3.63) is 53.1 Å². The molecule has 0 bridgehead atoms. The smallest absolute Gasteiger partial charge is 0.305 e. The van der Waals surface area contributed by atoms with E-state index in [0.29, 0.717) is 23.7 Å². The van der Waals surface area contributed by atoms with E-state index in [9.17, 15) is 24.3 Å². The Labute approximate surface area is 178 Å². The quantitative estimate of drug-likeness (QED) is 0.622. The van der Waals surface area contributed by atoms with Crippen molar-refractivity contribution in [3.8, 4) is 11.5 Å². The number of benzene rings is 2. The highest BCUT2D eigenvalue weighted by molar-refractivity contribution is 6.24. The monoisotopic (exact) mass is 426 g/mol. The minimum Gasteiger partial charge on any atom is -0.493 e. The Kier molecular flexibility index (Phi) is 6.24. The molecular formula is C22H22N2O7. The first-order valence-corrected chi connectivity index (χ1v) is 9.59. The predicted octanol–water partition coefficient (Wildman–Crippen LogP) is 2.86. The third-order valence-electron chi connectivity index (χ3n) is 4.81. The van der Waals surface area contributed by atoms with Crippen molar-refractivity contribution in [1.29, 1.82) is 0 Å². The van der Waals surface area contributed by atoms with Crippen LogP contribution in [0, 0.1) is 0 Å². The molecule has 9 nitrogen and oxygen atoms in total. The summed E-state index contributed by atoms with van der Waals surface area (Å²) in [5, 5.41) is 12.0. The summed E-state index contributed by atoms with van der Waals surface area (Å²) in [5.74, 6) is -2.08. The van der Waals surface area contributed by atoms with Gasteiger partial charge in [0.25, 0.3) is 11.8 Å². The zero-order valence-electron chi connectivity index (χ0n) is 17.3. The third-order valence-corrected chi connectivity index (χ3v) is 4.81. The van der Waals surface area contributed by atoms with Crippen LogP contribution in [-0.4, -0.2) is 47.4 Å². The van der Waals surface area contributed by atoms with E-state index in [-0.39, 0.29) is 16.8 Å². The third kappa shape index (κ3) is 4.20. The fourth-order valence-corrected chi connectivity index (χ4v) is 3.57. The van der Waals surface area contributed by atoms with Crippen LogP contribution in [0.5, 0.6) is 11.5 Å². The van der Waals surface area contributed by atoms with Gasteiger partial charge in [-0.15, -0.1) is 0 Å². The number of ether oxygens (including phenoxy) is 2. The van der Waals surface area contributed by atoms with E-state index in [0.717, 1.165) is 4.90 Å². The number of aliphatic carboxylic acids is 1. The zero-order valence-corrected chi connectivity index (χ0v) is 17.3. The summed E-state index contributed by atoms with van der Waals surface area (Å²) in [5.41, 5.74) is 0.744. The molecule has 0 fully saturated rings. The highest BCUT2D eigenvalue weighted by Crippen LogP contribution is 2.39. The van der Waals surface area contributed by atoms with Crippen LogP contribution in [0.4, 0.5) is 5.69 Å². The molecule has 0 spiro atoms. The van der Waals surface area contributed by atoms with Crippen LogP contribution in [0.3, 0.4) is 0 Å². The minimum atomic E-state index is -1.18. The molecule has 9 heteroatoms. The SMILES string of the molecule is CCOc1cc([C@H](CC(=O)O)N2C(=O)c3cccc(NC(C)=O)c3C2=O)ccc1OC. The highest BCUT2D eigenvalue weighted by Gasteiger charge is 2.43. The van der Waals surface area contributed by atoms with E-state index in [2.05, 4.69) is 5.32 Å². The fourth-order valence-electron chi connectivity index (χ4n) is 3.57. The predicted molar refractivity (Wildman–Crippen MR) is 110 cm³/mol. The summed E-state index contributed by atoms with van der Waals surface area (Å²) >= 11 is 0. The normalized spacial score (nSPS) is 13.6. The van der Waals surface area contributed by atoms with Gasteiger partial charge in [0.05, 0.1) is 43.0 Å². The van der Waals surface area contributed by atoms with Gasteiger partial charge in [0, 0.05) is 6.92 Å². The number of carboxylic acid groups (broad SMARTS) is 1. The molecule has 2 aromatic rings. The zero-order chi connectivity index (χ0) is 22.7. The molecule has 1 atom stereocenters. The van der Waals surface area contributed by atoms with Gasteiger partial charge in [-0.05, 0) is 36.8 Å². The molecule has 1 aliphatic heterocycles. The van der Waals surface area contributed by atoms with Crippen LogP contribution in [-0.2, 0) is 9.59 Å². The number of rotatable bonds is 8. The van der Waals surface area contributed by atoms with Crippen molar-refractivity contribution in [3.63, 3.8) is 0 Å². The molecule has 2 N–H and O–H groups in total. The maximum Gasteiger partial charge on any atom is 0.305 e. The maximum absolute atomic E-state index is 13.2. The van der Waals surface area contributed by atoms with Gasteiger partial charge in [-0.2, -0.15) is 0 Å². The molecule has 1 heterocycles. The lowest BCUT2D eigenvalue weighted by molar-refractivity contribution is -0.138. The van der Waals surface area contributed by atoms with Crippen molar-refractivity contribution in [2.45, 2.75) is 26.3 Å². The molecule has 0 aliphatic carbocycles. The van der Waals surface area contributed by atoms with E-state index in [1.165, 1.54) is 26.2 Å². The van der Waals surface area contributed by atoms with Crippen molar-refractivity contribution < 1.29 is 33.8 Å². The average Bonchev–Trinajstić information content (AvgIpc) is 2.97. The maximum atomic E-state index is 13.2. The first-order valence-electron chi connectivity index (χ1n) is 9.59. The number of carbonyl (C=O) groups is 4. The Morgan fingerprint density at radius 2 is 1.87 bits per heavy atom. The number of imide groups is 1. The molecule has 1 aliphatic rings. The number of hydrogen-bond acceptors (Lipinski definition) is 6. The van der Waals surface area contributed by atoms with Gasteiger partial charge < -0.3 is 19.9 Å². The van der Waals surface area contributed by atoms with Crippen molar-refractivity contribution in [2.24, 2.45) is 0 Å². The van der Waals surface area contributed by atoms with E-state index in [4.69, 9.17) is 9.47 Å². The van der Waals surface area contributed by atoms with Gasteiger partial charge >= 0.3 is 5.97 Å². The second-order valence-electron chi connectivity index (χ2n) is 6.85. The number of nitrogens with zero attached hydrogens (tertiary/aromatic N) is 1. The van der Waals surface area contributed by atoms with Gasteiger partial charge in [-0.1, -0.05) is 12.1 Å². The van der Waals surface area contributed by atoms with Crippen molar-refractivity contribution in [2.75, 3.05) is 19.0 Å². The number of carboxylic acids is 1. The summed E-state index contributed by atoms with van der Waals surface area (Å²) in [4.78, 5) is 50.4. The van der Waals surface area contributed by atoms with Crippen molar-refractivity contribution >= 4 is 29.4 Å². The molecular weight excluding hydrogens is 404 g/mol. The summed E-state index contributed by atoms with van der Waals surface area (Å²) in [7, 11) is 1.47. The first-order chi connectivity index (χ1) is 14.8. The van der Waals surface area contributed by atoms with E-state index >= 15 is 0 Å². The molecule has 3 amide bonds. The lowest BCUT2D eigenvalue weighted by Gasteiger charge is -2.26. The average molecular weight is 426 g/mol. The van der Waals surface area contributed by atoms with Crippen molar-refractivity contribution in [1.82, 2.24) is 4.90 Å². The number of hydrogen-bond donors (Lipinski definition) is 2. The Bertz CT molecular complexity index is 1060. The molecule has 0 radical (unpaired) electrons. The largest absolute Gasteiger partial charge is 0.493 e. The second kappa shape index (κ2) is 8.86. The lowest BCUT2D eigenvalue weighted by Crippen LogP contribution is -2.35. The van der Waals surface area contributed by atoms with Gasteiger partial charge in [0.15, 0.2) is 11.5 Å². The molecule has 0 unspecified atom stereocenters. The van der Waals surface area contributed by atoms with Crippen LogP contribution in [0.1, 0.15) is 52.6 Å². The lowest BCUT2D eigenvalue weighted by atomic mass is 10.0. The van der Waals surface area contributed by atoms with Crippen LogP contribution in [0.25, 0.3) is 0 Å². The Hall–Kier alpha value is -3.88. The van der Waals surface area contributed by atoms with Gasteiger partial charge in [0.2, 0.25) is 5.91 Å². The molecule has 31 heavy (non-hydrogen) atoms. The first kappa shape index (κ1) is 21.8. The minimum absolute atomic E-state index is 0.0385. The number of amides is 3. The standard InChI is InChI=1S/C22H22N2O7/c1-4-31-18-10-13(8-9-17(18)30-3)16(11-19(26)27)24-21(28)14-6-5-7-15(23-12(2)25)20(14)22(24)29/h5-10,16H,4,11H2,1-3H3,(H,23,25)(H,26,27)/t16-/m0/s1. The van der Waals surface area contributed by atoms with Crippen LogP contribution >= 0.6 is 0 Å². The number of fused-ring (bicyclic) bond motifs is 1. The molecule has 0 aromatic heterocycles.